The van der Waals surface area contributed by atoms with Crippen LogP contribution < -0.4 is 0 Å². The van der Waals surface area contributed by atoms with Crippen LogP contribution in [0.5, 0.6) is 0 Å². The van der Waals surface area contributed by atoms with Gasteiger partial charge in [0.15, 0.2) is 0 Å². The zero-order valence-corrected chi connectivity index (χ0v) is 15.7. The molecule has 7 heteroatoms. The monoisotopic (exact) mass is 336 g/mol. The molecule has 0 N–H and O–H groups in total. The number of methoxy groups -OCH3 is 1. The molecule has 0 spiro atoms. The minimum atomic E-state index is -2.49. The lowest BCUT2D eigenvalue weighted by atomic mass is 9.80. The SMILES string of the molecule is COC(CCCCOCC[Si](OC)(OC)OC)C1(C)COC1. The Morgan fingerprint density at radius 2 is 1.64 bits per heavy atom. The van der Waals surface area contributed by atoms with E-state index >= 15 is 0 Å². The van der Waals surface area contributed by atoms with Crippen molar-refractivity contribution in [2.45, 2.75) is 38.3 Å². The van der Waals surface area contributed by atoms with E-state index in [0.29, 0.717) is 12.7 Å². The standard InChI is InChI=1S/C15H32O6Si/c1-15(12-21-13-15)14(16-2)8-6-7-9-20-10-11-22(17-3,18-4)19-5/h14H,6-13H2,1-5H3. The minimum Gasteiger partial charge on any atom is -0.381 e. The number of unbranched alkanes of at least 4 members (excludes halogenated alkanes) is 1. The number of hydrogen-bond donors (Lipinski definition) is 0. The van der Waals surface area contributed by atoms with Gasteiger partial charge in [-0.15, -0.1) is 0 Å². The summed E-state index contributed by atoms with van der Waals surface area (Å²) in [6.07, 6.45) is 3.44. The predicted molar refractivity (Wildman–Crippen MR) is 86.0 cm³/mol. The van der Waals surface area contributed by atoms with E-state index in [1.54, 1.807) is 28.4 Å². The lowest BCUT2D eigenvalue weighted by molar-refractivity contribution is -0.171. The highest BCUT2D eigenvalue weighted by Crippen LogP contribution is 2.34. The highest BCUT2D eigenvalue weighted by molar-refractivity contribution is 6.60. The lowest BCUT2D eigenvalue weighted by Crippen LogP contribution is -2.49. The van der Waals surface area contributed by atoms with Crippen LogP contribution in [0.1, 0.15) is 26.2 Å². The van der Waals surface area contributed by atoms with E-state index in [9.17, 15) is 0 Å². The van der Waals surface area contributed by atoms with Gasteiger partial charge in [-0.1, -0.05) is 6.92 Å². The molecule has 22 heavy (non-hydrogen) atoms. The van der Waals surface area contributed by atoms with Crippen LogP contribution in [0.2, 0.25) is 6.04 Å². The zero-order chi connectivity index (χ0) is 16.5. The Hall–Kier alpha value is -0.0231. The molecule has 1 unspecified atom stereocenters. The molecular weight excluding hydrogens is 304 g/mol. The van der Waals surface area contributed by atoms with Crippen molar-refractivity contribution in [1.29, 1.82) is 0 Å². The van der Waals surface area contributed by atoms with Crippen LogP contribution in [0.4, 0.5) is 0 Å². The van der Waals surface area contributed by atoms with Gasteiger partial charge in [0.25, 0.3) is 0 Å². The maximum atomic E-state index is 5.67. The summed E-state index contributed by atoms with van der Waals surface area (Å²) in [5.41, 5.74) is 0.191. The third kappa shape index (κ3) is 5.56. The van der Waals surface area contributed by atoms with Crippen LogP contribution in [0.25, 0.3) is 0 Å². The molecular formula is C15H32O6Si. The predicted octanol–water partition coefficient (Wildman–Crippen LogP) is 2.10. The van der Waals surface area contributed by atoms with Gasteiger partial charge in [0.1, 0.15) is 0 Å². The van der Waals surface area contributed by atoms with Gasteiger partial charge >= 0.3 is 8.80 Å². The molecule has 1 aliphatic heterocycles. The molecule has 0 aromatic rings. The van der Waals surface area contributed by atoms with E-state index in [4.69, 9.17) is 27.5 Å². The van der Waals surface area contributed by atoms with E-state index in [2.05, 4.69) is 6.92 Å². The van der Waals surface area contributed by atoms with Gasteiger partial charge in [-0.05, 0) is 19.3 Å². The molecule has 0 bridgehead atoms. The van der Waals surface area contributed by atoms with E-state index in [1.165, 1.54) is 0 Å². The average Bonchev–Trinajstić information content (AvgIpc) is 2.52. The van der Waals surface area contributed by atoms with Crippen LogP contribution in [-0.4, -0.2) is 69.8 Å². The first-order valence-electron chi connectivity index (χ1n) is 7.89. The van der Waals surface area contributed by atoms with Gasteiger partial charge in [-0.3, -0.25) is 0 Å². The van der Waals surface area contributed by atoms with Crippen LogP contribution in [0, 0.1) is 5.41 Å². The number of ether oxygens (including phenoxy) is 3. The van der Waals surface area contributed by atoms with Gasteiger partial charge in [-0.2, -0.15) is 0 Å². The summed E-state index contributed by atoms with van der Waals surface area (Å²) < 4.78 is 32.6. The minimum absolute atomic E-state index is 0.191. The first kappa shape index (κ1) is 20.0. The molecule has 1 rings (SSSR count). The Balaban J connectivity index is 2.08. The Labute approximate surface area is 135 Å². The normalized spacial score (nSPS) is 19.0. The molecule has 1 aliphatic rings. The topological polar surface area (TPSA) is 55.4 Å². The van der Waals surface area contributed by atoms with Crippen molar-refractivity contribution in [2.24, 2.45) is 5.41 Å². The summed E-state index contributed by atoms with van der Waals surface area (Å²) in [7, 11) is 4.16. The summed E-state index contributed by atoms with van der Waals surface area (Å²) in [5.74, 6) is 0. The van der Waals surface area contributed by atoms with Crippen molar-refractivity contribution < 1.29 is 27.5 Å². The number of hydrogen-bond acceptors (Lipinski definition) is 6. The third-order valence-electron chi connectivity index (χ3n) is 4.42. The third-order valence-corrected chi connectivity index (χ3v) is 7.10. The fourth-order valence-electron chi connectivity index (χ4n) is 2.75. The van der Waals surface area contributed by atoms with Crippen LogP contribution in [0.15, 0.2) is 0 Å². The molecule has 0 aliphatic carbocycles. The second-order valence-corrected chi connectivity index (χ2v) is 9.12. The molecule has 1 atom stereocenters. The number of rotatable bonds is 13. The molecule has 0 aromatic heterocycles. The van der Waals surface area contributed by atoms with Crippen molar-refractivity contribution in [2.75, 3.05) is 54.9 Å². The fraction of sp³-hybridized carbons (Fsp3) is 1.00. The molecule has 0 saturated carbocycles. The lowest BCUT2D eigenvalue weighted by Gasteiger charge is -2.43. The maximum Gasteiger partial charge on any atom is 0.502 e. The first-order valence-corrected chi connectivity index (χ1v) is 9.83. The summed E-state index contributed by atoms with van der Waals surface area (Å²) in [6, 6.07) is 0.673. The Bertz CT molecular complexity index is 285. The van der Waals surface area contributed by atoms with Crippen molar-refractivity contribution in [1.82, 2.24) is 0 Å². The van der Waals surface area contributed by atoms with Crippen molar-refractivity contribution in [3.05, 3.63) is 0 Å². The van der Waals surface area contributed by atoms with Gasteiger partial charge in [0, 0.05) is 46.5 Å². The largest absolute Gasteiger partial charge is 0.502 e. The summed E-state index contributed by atoms with van der Waals surface area (Å²) >= 11 is 0. The second kappa shape index (κ2) is 9.97. The van der Waals surface area contributed by atoms with Crippen molar-refractivity contribution in [3.63, 3.8) is 0 Å². The van der Waals surface area contributed by atoms with E-state index in [0.717, 1.165) is 39.1 Å². The molecule has 132 valence electrons. The molecule has 0 radical (unpaired) electrons. The Kier molecular flexibility index (Phi) is 9.07. The highest BCUT2D eigenvalue weighted by Gasteiger charge is 2.41. The van der Waals surface area contributed by atoms with Gasteiger partial charge < -0.3 is 27.5 Å². The zero-order valence-electron chi connectivity index (χ0n) is 14.7. The van der Waals surface area contributed by atoms with E-state index in [-0.39, 0.29) is 11.5 Å². The van der Waals surface area contributed by atoms with Crippen LogP contribution in [-0.2, 0) is 27.5 Å². The summed E-state index contributed by atoms with van der Waals surface area (Å²) in [6.45, 7) is 5.18. The molecule has 0 aromatic carbocycles. The molecule has 6 nitrogen and oxygen atoms in total. The van der Waals surface area contributed by atoms with Crippen molar-refractivity contribution >= 4 is 8.80 Å². The quantitative estimate of drug-likeness (QED) is 0.379. The molecule has 0 amide bonds. The maximum absolute atomic E-state index is 5.67. The van der Waals surface area contributed by atoms with Crippen LogP contribution in [0.3, 0.4) is 0 Å². The smallest absolute Gasteiger partial charge is 0.381 e. The van der Waals surface area contributed by atoms with E-state index < -0.39 is 8.80 Å². The highest BCUT2D eigenvalue weighted by atomic mass is 28.4. The summed E-state index contributed by atoms with van der Waals surface area (Å²) in [5, 5.41) is 0. The Morgan fingerprint density at radius 3 is 2.09 bits per heavy atom. The fourth-order valence-corrected chi connectivity index (χ4v) is 4.26. The van der Waals surface area contributed by atoms with Gasteiger partial charge in [0.05, 0.1) is 25.9 Å². The van der Waals surface area contributed by atoms with E-state index in [1.807, 2.05) is 0 Å². The molecule has 1 saturated heterocycles. The molecule has 1 fully saturated rings. The van der Waals surface area contributed by atoms with Crippen molar-refractivity contribution in [3.8, 4) is 0 Å². The Morgan fingerprint density at radius 1 is 1.00 bits per heavy atom. The first-order chi connectivity index (χ1) is 10.6. The summed E-state index contributed by atoms with van der Waals surface area (Å²) in [4.78, 5) is 0. The molecule has 1 heterocycles. The average molecular weight is 337 g/mol. The van der Waals surface area contributed by atoms with Gasteiger partial charge in [0.2, 0.25) is 0 Å². The van der Waals surface area contributed by atoms with Crippen LogP contribution >= 0.6 is 0 Å². The van der Waals surface area contributed by atoms with Gasteiger partial charge in [-0.25, -0.2) is 0 Å². The second-order valence-electron chi connectivity index (χ2n) is 6.02.